The topological polar surface area (TPSA) is 111 Å². The highest BCUT2D eigenvalue weighted by Crippen LogP contribution is 2.65. The number of benzene rings is 2. The van der Waals surface area contributed by atoms with Crippen molar-refractivity contribution in [2.24, 2.45) is 23.7 Å². The molecular weight excluding hydrogens is 544 g/mol. The minimum Gasteiger partial charge on any atom is -0.394 e. The second-order valence-electron chi connectivity index (χ2n) is 12.6. The van der Waals surface area contributed by atoms with Crippen LogP contribution in [-0.4, -0.2) is 70.7 Å². The van der Waals surface area contributed by atoms with E-state index in [0.717, 1.165) is 18.8 Å². The lowest BCUT2D eigenvalue weighted by molar-refractivity contribution is -0.149. The Morgan fingerprint density at radius 1 is 1.02 bits per heavy atom. The minimum atomic E-state index is -1.20. The van der Waals surface area contributed by atoms with Crippen molar-refractivity contribution < 1.29 is 24.2 Å². The molecule has 9 nitrogen and oxygen atoms in total. The molecule has 232 valence electrons. The normalized spacial score (nSPS) is 30.6. The summed E-state index contributed by atoms with van der Waals surface area (Å²) in [5.41, 5.74) is 0.180. The molecule has 8 atom stereocenters. The molecule has 3 aliphatic heterocycles. The summed E-state index contributed by atoms with van der Waals surface area (Å²) in [6.07, 6.45) is 1.17. The minimum absolute atomic E-state index is 0.0744. The molecule has 0 saturated carbocycles. The van der Waals surface area contributed by atoms with Gasteiger partial charge in [0, 0.05) is 30.2 Å². The van der Waals surface area contributed by atoms with E-state index in [2.05, 4.69) is 29.4 Å². The van der Waals surface area contributed by atoms with Gasteiger partial charge < -0.3 is 30.3 Å². The van der Waals surface area contributed by atoms with Crippen LogP contribution in [0.2, 0.25) is 0 Å². The predicted molar refractivity (Wildman–Crippen MR) is 168 cm³/mol. The Morgan fingerprint density at radius 2 is 1.63 bits per heavy atom. The molecule has 9 heteroatoms. The van der Waals surface area contributed by atoms with E-state index >= 15 is 0 Å². The summed E-state index contributed by atoms with van der Waals surface area (Å²) in [6.45, 7) is 13.6. The largest absolute Gasteiger partial charge is 0.394 e. The van der Waals surface area contributed by atoms with Gasteiger partial charge in [0.05, 0.1) is 30.1 Å². The zero-order valence-corrected chi connectivity index (χ0v) is 26.2. The van der Waals surface area contributed by atoms with E-state index < -0.39 is 35.1 Å². The zero-order chi connectivity index (χ0) is 31.1. The number of carbonyl (C=O) groups is 3. The molecular formula is C34H46N4O5. The smallest absolute Gasteiger partial charge is 0.250 e. The molecule has 1 spiro atoms. The van der Waals surface area contributed by atoms with Crippen molar-refractivity contribution >= 4 is 34.8 Å². The molecule has 3 fully saturated rings. The lowest BCUT2D eigenvalue weighted by Gasteiger charge is -2.39. The number of hydrogen-bond donors (Lipinski definition) is 3. The molecule has 3 amide bonds. The van der Waals surface area contributed by atoms with Gasteiger partial charge in [-0.05, 0) is 75.4 Å². The van der Waals surface area contributed by atoms with Gasteiger partial charge in [-0.15, -0.1) is 0 Å². The van der Waals surface area contributed by atoms with E-state index in [1.165, 1.54) is 0 Å². The zero-order valence-electron chi connectivity index (χ0n) is 26.2. The monoisotopic (exact) mass is 590 g/mol. The van der Waals surface area contributed by atoms with Crippen LogP contribution in [0.1, 0.15) is 54.4 Å². The number of nitrogens with zero attached hydrogens (tertiary/aromatic N) is 2. The number of amides is 3. The molecule has 2 aromatic rings. The highest BCUT2D eigenvalue weighted by atomic mass is 16.5. The van der Waals surface area contributed by atoms with Gasteiger partial charge in [0.15, 0.2) is 0 Å². The maximum Gasteiger partial charge on any atom is 0.250 e. The highest BCUT2D eigenvalue weighted by molar-refractivity contribution is 6.05. The molecule has 3 N–H and O–H groups in total. The maximum absolute atomic E-state index is 14.5. The maximum atomic E-state index is 14.5. The number of hydrogen-bond acceptors (Lipinski definition) is 6. The van der Waals surface area contributed by atoms with E-state index in [1.54, 1.807) is 4.90 Å². The van der Waals surface area contributed by atoms with Gasteiger partial charge in [0.2, 0.25) is 17.7 Å². The van der Waals surface area contributed by atoms with E-state index in [9.17, 15) is 19.5 Å². The van der Waals surface area contributed by atoms with Crippen molar-refractivity contribution in [2.45, 2.75) is 77.7 Å². The first-order valence-electron chi connectivity index (χ1n) is 15.7. The number of nitrogens with one attached hydrogen (secondary N) is 2. The van der Waals surface area contributed by atoms with Gasteiger partial charge in [-0.25, -0.2) is 0 Å². The van der Waals surface area contributed by atoms with Crippen LogP contribution in [0, 0.1) is 23.7 Å². The Kier molecular flexibility index (Phi) is 8.60. The predicted octanol–water partition coefficient (Wildman–Crippen LogP) is 4.53. The number of para-hydroxylation sites is 1. The number of carbonyl (C=O) groups excluding carboxylic acids is 3. The lowest BCUT2D eigenvalue weighted by atomic mass is 9.62. The van der Waals surface area contributed by atoms with Gasteiger partial charge in [-0.2, -0.15) is 0 Å². The highest BCUT2D eigenvalue weighted by Gasteiger charge is 2.80. The van der Waals surface area contributed by atoms with Crippen molar-refractivity contribution in [1.29, 1.82) is 0 Å². The number of aliphatic hydroxyl groups is 1. The van der Waals surface area contributed by atoms with E-state index in [-0.39, 0.29) is 36.2 Å². The molecule has 43 heavy (non-hydrogen) atoms. The fraction of sp³-hybridized carbons (Fsp3) is 0.559. The molecule has 0 radical (unpaired) electrons. The van der Waals surface area contributed by atoms with Crippen molar-refractivity contribution in [2.75, 3.05) is 35.2 Å². The first kappa shape index (κ1) is 31.0. The first-order valence-corrected chi connectivity index (χ1v) is 15.7. The molecule has 5 rings (SSSR count). The van der Waals surface area contributed by atoms with Crippen LogP contribution in [0.15, 0.2) is 54.6 Å². The third-order valence-corrected chi connectivity index (χ3v) is 10.4. The molecule has 2 bridgehead atoms. The van der Waals surface area contributed by atoms with E-state index in [1.807, 2.05) is 82.3 Å². The van der Waals surface area contributed by atoms with Crippen molar-refractivity contribution in [3.8, 4) is 0 Å². The van der Waals surface area contributed by atoms with E-state index in [4.69, 9.17) is 4.74 Å². The third-order valence-electron chi connectivity index (χ3n) is 10.4. The molecule has 2 aromatic carbocycles. The van der Waals surface area contributed by atoms with Gasteiger partial charge >= 0.3 is 0 Å². The molecule has 0 aliphatic carbocycles. The van der Waals surface area contributed by atoms with Gasteiger partial charge in [-0.1, -0.05) is 45.4 Å². The number of rotatable bonds is 11. The average Bonchev–Trinajstić information content (AvgIpc) is 3.52. The Morgan fingerprint density at radius 3 is 2.21 bits per heavy atom. The fourth-order valence-electron chi connectivity index (χ4n) is 7.84. The van der Waals surface area contributed by atoms with Crippen LogP contribution in [0.4, 0.5) is 17.1 Å². The summed E-state index contributed by atoms with van der Waals surface area (Å²) in [4.78, 5) is 46.6. The quantitative estimate of drug-likeness (QED) is 0.355. The van der Waals surface area contributed by atoms with Crippen molar-refractivity contribution in [3.05, 3.63) is 54.6 Å². The lowest BCUT2D eigenvalue weighted by Crippen LogP contribution is -2.57. The van der Waals surface area contributed by atoms with Crippen LogP contribution in [-0.2, 0) is 19.1 Å². The summed E-state index contributed by atoms with van der Waals surface area (Å²) in [6, 6.07) is 15.3. The summed E-state index contributed by atoms with van der Waals surface area (Å²) in [5, 5.41) is 16.6. The number of aliphatic hydroxyl groups excluding tert-OH is 1. The summed E-state index contributed by atoms with van der Waals surface area (Å²) in [5.74, 6) is -2.77. The Balaban J connectivity index is 1.54. The number of ether oxygens (including phenoxy) is 1. The second-order valence-corrected chi connectivity index (χ2v) is 12.6. The summed E-state index contributed by atoms with van der Waals surface area (Å²) in [7, 11) is 0. The fourth-order valence-corrected chi connectivity index (χ4v) is 7.84. The van der Waals surface area contributed by atoms with Crippen LogP contribution in [0.25, 0.3) is 0 Å². The summed E-state index contributed by atoms with van der Waals surface area (Å²) >= 11 is 0. The molecule has 3 heterocycles. The number of fused-ring (bicyclic) bond motifs is 1. The summed E-state index contributed by atoms with van der Waals surface area (Å²) < 4.78 is 6.84. The number of likely N-dealkylation sites (tertiary alicyclic amines) is 1. The third kappa shape index (κ3) is 5.00. The first-order chi connectivity index (χ1) is 20.6. The van der Waals surface area contributed by atoms with Crippen molar-refractivity contribution in [3.63, 3.8) is 0 Å². The Hall–Kier alpha value is -3.43. The standard InChI is InChI=1S/C34H46N4O5/c1-7-21(4)26(20-39)38-29(31(41)36-24-15-17-25(18-16-24)37(8-2)9-3)34-19-22(5)33(6,43-34)27(28(34)32(38)42)30(40)35-23-13-11-10-12-14-23/h10-18,21-22,26-29,39H,7-9,19-20H2,1-6H3,(H,35,40)(H,36,41)/t21-,22?,26-,27-,28-,29?,33+,34?/m0/s1. The van der Waals surface area contributed by atoms with Gasteiger partial charge in [0.25, 0.3) is 0 Å². The SMILES string of the molecule is CC[C@H](C)[C@H](CO)N1C(=O)[C@@H]2[C@@H](C(=O)Nc3ccccc3)[C@]3(C)OC2(CC3C)C1C(=O)Nc1ccc(N(CC)CC)cc1. The van der Waals surface area contributed by atoms with Gasteiger partial charge in [0.1, 0.15) is 11.6 Å². The number of anilines is 3. The second kappa shape index (κ2) is 11.9. The van der Waals surface area contributed by atoms with Crippen LogP contribution >= 0.6 is 0 Å². The van der Waals surface area contributed by atoms with Crippen molar-refractivity contribution in [1.82, 2.24) is 4.90 Å². The molecule has 3 saturated heterocycles. The Labute approximate surface area is 255 Å². The van der Waals surface area contributed by atoms with Gasteiger partial charge in [-0.3, -0.25) is 14.4 Å². The average molecular weight is 591 g/mol. The molecule has 0 aromatic heterocycles. The van der Waals surface area contributed by atoms with Crippen LogP contribution in [0.5, 0.6) is 0 Å². The molecule has 3 aliphatic rings. The molecule has 3 unspecified atom stereocenters. The van der Waals surface area contributed by atoms with E-state index in [0.29, 0.717) is 24.2 Å². The van der Waals surface area contributed by atoms with Crippen LogP contribution < -0.4 is 15.5 Å². The van der Waals surface area contributed by atoms with Crippen LogP contribution in [0.3, 0.4) is 0 Å². The Bertz CT molecular complexity index is 1330.